The van der Waals surface area contributed by atoms with Crippen LogP contribution in [-0.4, -0.2) is 40.2 Å². The Kier molecular flexibility index (Phi) is 3.07. The van der Waals surface area contributed by atoms with Gasteiger partial charge in [0.1, 0.15) is 5.82 Å². The maximum atomic E-state index is 13.8. The summed E-state index contributed by atoms with van der Waals surface area (Å²) in [6.07, 6.45) is 3.51. The molecule has 1 fully saturated rings. The third-order valence-corrected chi connectivity index (χ3v) is 3.96. The molecule has 1 aromatic carbocycles. The van der Waals surface area contributed by atoms with Crippen molar-refractivity contribution in [2.75, 3.05) is 19.6 Å². The van der Waals surface area contributed by atoms with Gasteiger partial charge >= 0.3 is 0 Å². The Bertz CT molecular complexity index is 591. The summed E-state index contributed by atoms with van der Waals surface area (Å²) in [6, 6.07) is 5.11. The first-order chi connectivity index (χ1) is 9.05. The second-order valence-electron chi connectivity index (χ2n) is 5.75. The number of H-pyrrole nitrogens is 1. The van der Waals surface area contributed by atoms with Gasteiger partial charge in [-0.1, -0.05) is 6.07 Å². The van der Waals surface area contributed by atoms with Crippen molar-refractivity contribution >= 4 is 10.9 Å². The van der Waals surface area contributed by atoms with Gasteiger partial charge in [0.05, 0.1) is 5.60 Å². The Morgan fingerprint density at radius 3 is 3.05 bits per heavy atom. The summed E-state index contributed by atoms with van der Waals surface area (Å²) >= 11 is 0. The van der Waals surface area contributed by atoms with Crippen LogP contribution in [0.15, 0.2) is 24.4 Å². The minimum absolute atomic E-state index is 0.165. The zero-order valence-electron chi connectivity index (χ0n) is 11.1. The average Bonchev–Trinajstić information content (AvgIpc) is 2.91. The number of nitrogens with zero attached hydrogens (tertiary/aromatic N) is 1. The van der Waals surface area contributed by atoms with E-state index in [-0.39, 0.29) is 5.82 Å². The van der Waals surface area contributed by atoms with Crippen LogP contribution in [0, 0.1) is 5.82 Å². The first kappa shape index (κ1) is 12.6. The molecule has 1 aliphatic rings. The number of β-amino-alcohol motifs (C(OH)–C–C–N with tert-alkyl or cyclic N) is 1. The van der Waals surface area contributed by atoms with E-state index >= 15 is 0 Å². The van der Waals surface area contributed by atoms with Crippen molar-refractivity contribution in [3.05, 3.63) is 35.8 Å². The van der Waals surface area contributed by atoms with E-state index in [0.717, 1.165) is 37.0 Å². The number of aromatic amines is 1. The lowest BCUT2D eigenvalue weighted by molar-refractivity contribution is 0.0690. The predicted octanol–water partition coefficient (Wildman–Crippen LogP) is 2.31. The summed E-state index contributed by atoms with van der Waals surface area (Å²) in [5, 5.41) is 10.6. The summed E-state index contributed by atoms with van der Waals surface area (Å²) in [4.78, 5) is 5.35. The van der Waals surface area contributed by atoms with Crippen molar-refractivity contribution in [2.45, 2.75) is 25.4 Å². The molecule has 1 unspecified atom stereocenters. The lowest BCUT2D eigenvalue weighted by Crippen LogP contribution is -2.30. The monoisotopic (exact) mass is 262 g/mol. The van der Waals surface area contributed by atoms with Gasteiger partial charge in [0, 0.05) is 36.7 Å². The fourth-order valence-corrected chi connectivity index (χ4v) is 2.91. The molecule has 0 aliphatic carbocycles. The van der Waals surface area contributed by atoms with Crippen LogP contribution in [0.1, 0.15) is 18.9 Å². The van der Waals surface area contributed by atoms with Gasteiger partial charge in [-0.15, -0.1) is 0 Å². The summed E-state index contributed by atoms with van der Waals surface area (Å²) < 4.78 is 13.8. The van der Waals surface area contributed by atoms with Gasteiger partial charge < -0.3 is 15.0 Å². The average molecular weight is 262 g/mol. The molecule has 0 amide bonds. The van der Waals surface area contributed by atoms with E-state index in [9.17, 15) is 9.50 Å². The first-order valence-corrected chi connectivity index (χ1v) is 6.74. The topological polar surface area (TPSA) is 39.3 Å². The van der Waals surface area contributed by atoms with Crippen LogP contribution in [0.4, 0.5) is 4.39 Å². The van der Waals surface area contributed by atoms with Crippen molar-refractivity contribution in [2.24, 2.45) is 0 Å². The van der Waals surface area contributed by atoms with Gasteiger partial charge in [-0.3, -0.25) is 0 Å². The number of aromatic nitrogens is 1. The van der Waals surface area contributed by atoms with Gasteiger partial charge in [-0.2, -0.15) is 0 Å². The number of halogens is 1. The maximum absolute atomic E-state index is 13.8. The highest BCUT2D eigenvalue weighted by atomic mass is 19.1. The molecule has 0 saturated carbocycles. The molecule has 2 heterocycles. The largest absolute Gasteiger partial charge is 0.389 e. The van der Waals surface area contributed by atoms with Crippen LogP contribution in [0.25, 0.3) is 10.9 Å². The van der Waals surface area contributed by atoms with Crippen molar-refractivity contribution in [1.82, 2.24) is 9.88 Å². The van der Waals surface area contributed by atoms with Gasteiger partial charge in [0.15, 0.2) is 0 Å². The second-order valence-corrected chi connectivity index (χ2v) is 5.75. The van der Waals surface area contributed by atoms with E-state index in [2.05, 4.69) is 9.88 Å². The molecular formula is C15H19FN2O. The fraction of sp³-hybridized carbons (Fsp3) is 0.467. The summed E-state index contributed by atoms with van der Waals surface area (Å²) in [5.74, 6) is -0.165. The number of benzene rings is 1. The Hall–Kier alpha value is -1.39. The normalized spacial score (nSPS) is 24.4. The fourth-order valence-electron chi connectivity index (χ4n) is 2.91. The van der Waals surface area contributed by atoms with Crippen LogP contribution in [0.5, 0.6) is 0 Å². The molecule has 1 atom stereocenters. The molecule has 3 nitrogen and oxygen atoms in total. The van der Waals surface area contributed by atoms with Gasteiger partial charge in [-0.05, 0) is 37.5 Å². The maximum Gasteiger partial charge on any atom is 0.132 e. The Labute approximate surface area is 112 Å². The predicted molar refractivity (Wildman–Crippen MR) is 73.6 cm³/mol. The molecule has 3 rings (SSSR count). The van der Waals surface area contributed by atoms with Crippen molar-refractivity contribution in [1.29, 1.82) is 0 Å². The number of nitrogens with one attached hydrogen (secondary N) is 1. The molecule has 102 valence electrons. The van der Waals surface area contributed by atoms with E-state index in [1.54, 1.807) is 6.07 Å². The van der Waals surface area contributed by atoms with Gasteiger partial charge in [0.2, 0.25) is 0 Å². The minimum Gasteiger partial charge on any atom is -0.389 e. The molecule has 2 N–H and O–H groups in total. The molecule has 4 heteroatoms. The van der Waals surface area contributed by atoms with E-state index < -0.39 is 5.60 Å². The van der Waals surface area contributed by atoms with Crippen LogP contribution in [0.2, 0.25) is 0 Å². The minimum atomic E-state index is -0.564. The Morgan fingerprint density at radius 1 is 1.47 bits per heavy atom. The lowest BCUT2D eigenvalue weighted by Gasteiger charge is -2.18. The van der Waals surface area contributed by atoms with Crippen LogP contribution >= 0.6 is 0 Å². The molecule has 1 aromatic heterocycles. The smallest absolute Gasteiger partial charge is 0.132 e. The summed E-state index contributed by atoms with van der Waals surface area (Å²) in [7, 11) is 0. The molecule has 1 aliphatic heterocycles. The lowest BCUT2D eigenvalue weighted by atomic mass is 10.1. The number of likely N-dealkylation sites (tertiary alicyclic amines) is 1. The zero-order chi connectivity index (χ0) is 13.5. The van der Waals surface area contributed by atoms with Crippen LogP contribution in [-0.2, 0) is 6.42 Å². The standard InChI is InChI=1S/C15H19FN2O/c1-15(19)6-8-18(10-15)7-5-11-9-17-13-4-2-3-12(16)14(11)13/h2-4,9,17,19H,5-8,10H2,1H3. The molecule has 19 heavy (non-hydrogen) atoms. The zero-order valence-corrected chi connectivity index (χ0v) is 11.1. The Morgan fingerprint density at radius 2 is 2.32 bits per heavy atom. The number of aliphatic hydroxyl groups is 1. The third kappa shape index (κ3) is 2.51. The molecule has 0 spiro atoms. The number of hydrogen-bond acceptors (Lipinski definition) is 2. The first-order valence-electron chi connectivity index (χ1n) is 6.74. The molecule has 2 aromatic rings. The van der Waals surface area contributed by atoms with Crippen LogP contribution in [0.3, 0.4) is 0 Å². The van der Waals surface area contributed by atoms with E-state index in [1.165, 1.54) is 6.07 Å². The van der Waals surface area contributed by atoms with Gasteiger partial charge in [-0.25, -0.2) is 4.39 Å². The number of fused-ring (bicyclic) bond motifs is 1. The third-order valence-electron chi connectivity index (χ3n) is 3.96. The highest BCUT2D eigenvalue weighted by Gasteiger charge is 2.30. The SMILES string of the molecule is CC1(O)CCN(CCc2c[nH]c3cccc(F)c23)C1. The quantitative estimate of drug-likeness (QED) is 0.891. The highest BCUT2D eigenvalue weighted by molar-refractivity contribution is 5.83. The molecule has 0 bridgehead atoms. The van der Waals surface area contributed by atoms with E-state index in [0.29, 0.717) is 11.9 Å². The highest BCUT2D eigenvalue weighted by Crippen LogP contribution is 2.24. The van der Waals surface area contributed by atoms with Crippen LogP contribution < -0.4 is 0 Å². The van der Waals surface area contributed by atoms with Crippen molar-refractivity contribution < 1.29 is 9.50 Å². The second kappa shape index (κ2) is 4.62. The van der Waals surface area contributed by atoms with Crippen molar-refractivity contribution in [3.8, 4) is 0 Å². The molecular weight excluding hydrogens is 243 g/mol. The van der Waals surface area contributed by atoms with Crippen molar-refractivity contribution in [3.63, 3.8) is 0 Å². The van der Waals surface area contributed by atoms with E-state index in [1.807, 2.05) is 19.2 Å². The van der Waals surface area contributed by atoms with Gasteiger partial charge in [0.25, 0.3) is 0 Å². The molecule has 1 saturated heterocycles. The number of hydrogen-bond donors (Lipinski definition) is 2. The van der Waals surface area contributed by atoms with E-state index in [4.69, 9.17) is 0 Å². The Balaban J connectivity index is 1.73. The summed E-state index contributed by atoms with van der Waals surface area (Å²) in [5.41, 5.74) is 1.30. The molecule has 0 radical (unpaired) electrons. The number of rotatable bonds is 3. The summed E-state index contributed by atoms with van der Waals surface area (Å²) in [6.45, 7) is 4.35.